The van der Waals surface area contributed by atoms with Crippen LogP contribution in [0.1, 0.15) is 18.6 Å². The highest BCUT2D eigenvalue weighted by Crippen LogP contribution is 2.20. The molecule has 0 bridgehead atoms. The van der Waals surface area contributed by atoms with Gasteiger partial charge in [-0.15, -0.1) is 0 Å². The lowest BCUT2D eigenvalue weighted by Crippen LogP contribution is -2.21. The van der Waals surface area contributed by atoms with Crippen molar-refractivity contribution in [2.75, 3.05) is 5.75 Å². The minimum absolute atomic E-state index is 0.0968. The number of aromatic nitrogens is 1. The standard InChI is InChI=1S/C10H12ClNO3S/c1-6(13)16-5-8(14)10(15)7-2-3-9(11)12-4-7/h2-4,8,10,14-15H,5H2,1H3. The van der Waals surface area contributed by atoms with Gasteiger partial charge in [0.05, 0.1) is 6.10 Å². The number of rotatable bonds is 4. The number of hydrogen-bond acceptors (Lipinski definition) is 5. The summed E-state index contributed by atoms with van der Waals surface area (Å²) in [6.07, 6.45) is -0.664. The summed E-state index contributed by atoms with van der Waals surface area (Å²) in [5, 5.41) is 19.6. The Balaban J connectivity index is 2.59. The van der Waals surface area contributed by atoms with Crippen molar-refractivity contribution in [3.05, 3.63) is 29.0 Å². The first-order valence-corrected chi connectivity index (χ1v) is 5.98. The number of nitrogens with zero attached hydrogens (tertiary/aromatic N) is 1. The number of hydrogen-bond donors (Lipinski definition) is 2. The SMILES string of the molecule is CC(=O)SCC(O)C(O)c1ccc(Cl)nc1. The molecule has 0 saturated heterocycles. The van der Waals surface area contributed by atoms with Crippen LogP contribution in [0.15, 0.2) is 18.3 Å². The first-order valence-electron chi connectivity index (χ1n) is 4.61. The van der Waals surface area contributed by atoms with Crippen LogP contribution in [0.3, 0.4) is 0 Å². The van der Waals surface area contributed by atoms with Gasteiger partial charge >= 0.3 is 0 Å². The highest BCUT2D eigenvalue weighted by molar-refractivity contribution is 8.13. The Morgan fingerprint density at radius 3 is 2.75 bits per heavy atom. The largest absolute Gasteiger partial charge is 0.389 e. The Bertz CT molecular complexity index is 358. The second kappa shape index (κ2) is 6.20. The summed E-state index contributed by atoms with van der Waals surface area (Å²) in [5.74, 6) is 0.152. The van der Waals surface area contributed by atoms with E-state index in [9.17, 15) is 15.0 Å². The second-order valence-electron chi connectivity index (χ2n) is 3.23. The van der Waals surface area contributed by atoms with Crippen molar-refractivity contribution >= 4 is 28.5 Å². The Kier molecular flexibility index (Phi) is 5.21. The van der Waals surface area contributed by atoms with Crippen LogP contribution in [0.2, 0.25) is 5.15 Å². The van der Waals surface area contributed by atoms with Crippen LogP contribution in [0.5, 0.6) is 0 Å². The minimum atomic E-state index is -1.06. The zero-order valence-electron chi connectivity index (χ0n) is 8.63. The van der Waals surface area contributed by atoms with E-state index < -0.39 is 12.2 Å². The van der Waals surface area contributed by atoms with E-state index >= 15 is 0 Å². The molecule has 1 heterocycles. The van der Waals surface area contributed by atoms with E-state index in [1.54, 1.807) is 6.07 Å². The van der Waals surface area contributed by atoms with Gasteiger partial charge in [-0.1, -0.05) is 29.4 Å². The van der Waals surface area contributed by atoms with Gasteiger partial charge in [0.2, 0.25) is 0 Å². The third-order valence-electron chi connectivity index (χ3n) is 1.91. The Hall–Kier alpha value is -0.620. The maximum atomic E-state index is 10.7. The molecule has 0 saturated carbocycles. The summed E-state index contributed by atoms with van der Waals surface area (Å²) in [5.41, 5.74) is 0.473. The number of aliphatic hydroxyl groups is 2. The third-order valence-corrected chi connectivity index (χ3v) is 3.05. The fraction of sp³-hybridized carbons (Fsp3) is 0.400. The minimum Gasteiger partial charge on any atom is -0.389 e. The van der Waals surface area contributed by atoms with Crippen LogP contribution in [0, 0.1) is 0 Å². The van der Waals surface area contributed by atoms with Gasteiger partial charge in [0.25, 0.3) is 0 Å². The molecule has 0 radical (unpaired) electrons. The fourth-order valence-corrected chi connectivity index (χ4v) is 1.78. The monoisotopic (exact) mass is 261 g/mol. The second-order valence-corrected chi connectivity index (χ2v) is 4.81. The Morgan fingerprint density at radius 1 is 1.56 bits per heavy atom. The van der Waals surface area contributed by atoms with Gasteiger partial charge in [-0.25, -0.2) is 4.98 Å². The molecule has 16 heavy (non-hydrogen) atoms. The van der Waals surface area contributed by atoms with E-state index in [4.69, 9.17) is 11.6 Å². The molecule has 0 amide bonds. The van der Waals surface area contributed by atoms with Crippen LogP contribution < -0.4 is 0 Å². The molecular weight excluding hydrogens is 250 g/mol. The number of carbonyl (C=O) groups excluding carboxylic acids is 1. The number of carbonyl (C=O) groups is 1. The van der Waals surface area contributed by atoms with E-state index in [1.807, 2.05) is 0 Å². The first-order chi connectivity index (χ1) is 7.50. The van der Waals surface area contributed by atoms with E-state index in [2.05, 4.69) is 4.98 Å². The van der Waals surface area contributed by atoms with Crippen LogP contribution in [-0.2, 0) is 4.79 Å². The van der Waals surface area contributed by atoms with Crippen molar-refractivity contribution in [1.82, 2.24) is 4.98 Å². The predicted octanol–water partition coefficient (Wildman–Crippen LogP) is 1.41. The summed E-state index contributed by atoms with van der Waals surface area (Å²) in [6.45, 7) is 1.41. The lowest BCUT2D eigenvalue weighted by Gasteiger charge is -2.16. The zero-order chi connectivity index (χ0) is 12.1. The van der Waals surface area contributed by atoms with Gasteiger partial charge < -0.3 is 10.2 Å². The van der Waals surface area contributed by atoms with Crippen molar-refractivity contribution in [3.63, 3.8) is 0 Å². The summed E-state index contributed by atoms with van der Waals surface area (Å²) in [4.78, 5) is 14.5. The van der Waals surface area contributed by atoms with Gasteiger partial charge in [0.15, 0.2) is 5.12 Å². The number of thioether (sulfide) groups is 1. The molecule has 0 spiro atoms. The van der Waals surface area contributed by atoms with Gasteiger partial charge in [0, 0.05) is 24.4 Å². The molecule has 4 nitrogen and oxygen atoms in total. The summed E-state index contributed by atoms with van der Waals surface area (Å²) < 4.78 is 0. The van der Waals surface area contributed by atoms with Crippen LogP contribution >= 0.6 is 23.4 Å². The van der Waals surface area contributed by atoms with Gasteiger partial charge in [0.1, 0.15) is 11.3 Å². The molecule has 1 rings (SSSR count). The number of pyridine rings is 1. The lowest BCUT2D eigenvalue weighted by atomic mass is 10.1. The van der Waals surface area contributed by atoms with Crippen LogP contribution in [-0.4, -0.2) is 32.2 Å². The van der Waals surface area contributed by atoms with Crippen molar-refractivity contribution in [2.45, 2.75) is 19.1 Å². The zero-order valence-corrected chi connectivity index (χ0v) is 10.2. The third kappa shape index (κ3) is 4.09. The molecule has 2 N–H and O–H groups in total. The molecule has 88 valence electrons. The molecule has 1 aromatic heterocycles. The molecule has 0 aliphatic carbocycles. The maximum absolute atomic E-state index is 10.7. The average Bonchev–Trinajstić information content (AvgIpc) is 2.26. The van der Waals surface area contributed by atoms with E-state index in [1.165, 1.54) is 19.2 Å². The molecule has 0 aromatic carbocycles. The Labute approximate surface area is 103 Å². The van der Waals surface area contributed by atoms with Gasteiger partial charge in [-0.05, 0) is 6.07 Å². The number of aliphatic hydroxyl groups excluding tert-OH is 2. The molecule has 1 aromatic rings. The smallest absolute Gasteiger partial charge is 0.185 e. The molecule has 0 fully saturated rings. The van der Waals surface area contributed by atoms with E-state index in [0.29, 0.717) is 10.7 Å². The van der Waals surface area contributed by atoms with Crippen molar-refractivity contribution in [1.29, 1.82) is 0 Å². The number of halogens is 1. The van der Waals surface area contributed by atoms with E-state index in [-0.39, 0.29) is 10.9 Å². The first kappa shape index (κ1) is 13.4. The summed E-state index contributed by atoms with van der Waals surface area (Å²) in [6, 6.07) is 3.12. The van der Waals surface area contributed by atoms with Crippen molar-refractivity contribution in [3.8, 4) is 0 Å². The molecular formula is C10H12ClNO3S. The fourth-order valence-electron chi connectivity index (χ4n) is 1.08. The molecule has 6 heteroatoms. The topological polar surface area (TPSA) is 70.4 Å². The van der Waals surface area contributed by atoms with E-state index in [0.717, 1.165) is 11.8 Å². The molecule has 2 unspecified atom stereocenters. The van der Waals surface area contributed by atoms with Crippen molar-refractivity contribution < 1.29 is 15.0 Å². The van der Waals surface area contributed by atoms with Crippen molar-refractivity contribution in [2.24, 2.45) is 0 Å². The van der Waals surface area contributed by atoms with Gasteiger partial charge in [-0.3, -0.25) is 4.79 Å². The normalized spacial score (nSPS) is 14.5. The highest BCUT2D eigenvalue weighted by atomic mass is 35.5. The Morgan fingerprint density at radius 2 is 2.25 bits per heavy atom. The molecule has 2 atom stereocenters. The average molecular weight is 262 g/mol. The van der Waals surface area contributed by atoms with Crippen LogP contribution in [0.4, 0.5) is 0 Å². The summed E-state index contributed by atoms with van der Waals surface area (Å²) >= 11 is 6.56. The van der Waals surface area contributed by atoms with Gasteiger partial charge in [-0.2, -0.15) is 0 Å². The quantitative estimate of drug-likeness (QED) is 0.802. The molecule has 0 aliphatic rings. The lowest BCUT2D eigenvalue weighted by molar-refractivity contribution is -0.109. The maximum Gasteiger partial charge on any atom is 0.185 e. The van der Waals surface area contributed by atoms with Crippen LogP contribution in [0.25, 0.3) is 0 Å². The molecule has 0 aliphatic heterocycles. The summed E-state index contributed by atoms with van der Waals surface area (Å²) in [7, 11) is 0. The highest BCUT2D eigenvalue weighted by Gasteiger charge is 2.19. The predicted molar refractivity (Wildman–Crippen MR) is 63.4 cm³/mol.